The highest BCUT2D eigenvalue weighted by atomic mass is 16.1. The molecule has 0 bridgehead atoms. The summed E-state index contributed by atoms with van der Waals surface area (Å²) in [6, 6.07) is 6.47. The van der Waals surface area contributed by atoms with Crippen molar-refractivity contribution >= 4 is 5.91 Å². The third-order valence-electron chi connectivity index (χ3n) is 5.23. The Hall–Kier alpha value is -3.03. The number of aryl methyl sites for hydroxylation is 4. The van der Waals surface area contributed by atoms with Gasteiger partial charge < -0.3 is 5.32 Å². The van der Waals surface area contributed by atoms with E-state index in [0.717, 1.165) is 30.5 Å². The van der Waals surface area contributed by atoms with Crippen LogP contribution in [0.4, 0.5) is 0 Å². The fraction of sp³-hybridized carbons (Fsp3) is 0.450. The van der Waals surface area contributed by atoms with Crippen LogP contribution in [0.5, 0.6) is 0 Å². The van der Waals surface area contributed by atoms with Gasteiger partial charge in [-0.3, -0.25) is 4.79 Å². The zero-order valence-electron chi connectivity index (χ0n) is 16.5. The summed E-state index contributed by atoms with van der Waals surface area (Å²) in [5.74, 6) is 0.717. The molecule has 0 spiro atoms. The van der Waals surface area contributed by atoms with Crippen molar-refractivity contribution in [3.63, 3.8) is 0 Å². The number of benzene rings is 1. The van der Waals surface area contributed by atoms with Gasteiger partial charge in [0.1, 0.15) is 5.82 Å². The summed E-state index contributed by atoms with van der Waals surface area (Å²) in [6.45, 7) is 6.50. The normalized spacial score (nSPS) is 16.0. The van der Waals surface area contributed by atoms with Crippen LogP contribution in [-0.4, -0.2) is 35.9 Å². The lowest BCUT2D eigenvalue weighted by Gasteiger charge is -2.24. The second kappa shape index (κ2) is 7.53. The molecule has 4 rings (SSSR count). The van der Waals surface area contributed by atoms with E-state index >= 15 is 0 Å². The van der Waals surface area contributed by atoms with Crippen LogP contribution in [0.1, 0.15) is 53.5 Å². The van der Waals surface area contributed by atoms with Crippen LogP contribution in [-0.2, 0) is 17.8 Å². The van der Waals surface area contributed by atoms with Crippen LogP contribution >= 0.6 is 0 Å². The second-order valence-electron chi connectivity index (χ2n) is 7.52. The molecule has 28 heavy (non-hydrogen) atoms. The number of hydrogen-bond donors (Lipinski definition) is 1. The Labute approximate surface area is 163 Å². The SMILES string of the molecule is Cc1cc(C)cc(-n2ncc3c2CCCC3NC(=O)CCn2nnnc2C)c1. The Balaban J connectivity index is 1.49. The Kier molecular flexibility index (Phi) is 4.93. The van der Waals surface area contributed by atoms with E-state index in [9.17, 15) is 4.79 Å². The number of aromatic nitrogens is 6. The van der Waals surface area contributed by atoms with E-state index in [2.05, 4.69) is 58.0 Å². The minimum Gasteiger partial charge on any atom is -0.349 e. The van der Waals surface area contributed by atoms with Gasteiger partial charge in [0.25, 0.3) is 0 Å². The summed E-state index contributed by atoms with van der Waals surface area (Å²) >= 11 is 0. The molecule has 0 saturated carbocycles. The van der Waals surface area contributed by atoms with E-state index in [1.165, 1.54) is 16.8 Å². The van der Waals surface area contributed by atoms with Crippen molar-refractivity contribution in [2.75, 3.05) is 0 Å². The number of rotatable bonds is 5. The molecule has 1 amide bonds. The molecule has 3 aromatic rings. The van der Waals surface area contributed by atoms with Crippen molar-refractivity contribution in [2.24, 2.45) is 0 Å². The van der Waals surface area contributed by atoms with Crippen molar-refractivity contribution in [1.82, 2.24) is 35.3 Å². The maximum Gasteiger partial charge on any atom is 0.222 e. The maximum atomic E-state index is 12.5. The van der Waals surface area contributed by atoms with Gasteiger partial charge in [-0.25, -0.2) is 9.36 Å². The minimum atomic E-state index is 0.00544. The molecule has 146 valence electrons. The molecule has 0 radical (unpaired) electrons. The Morgan fingerprint density at radius 2 is 2.00 bits per heavy atom. The first kappa shape index (κ1) is 18.3. The van der Waals surface area contributed by atoms with Crippen molar-refractivity contribution in [3.8, 4) is 5.69 Å². The van der Waals surface area contributed by atoms with E-state index < -0.39 is 0 Å². The number of nitrogens with one attached hydrogen (secondary N) is 1. The fourth-order valence-electron chi connectivity index (χ4n) is 3.93. The first-order valence-corrected chi connectivity index (χ1v) is 9.69. The second-order valence-corrected chi connectivity index (χ2v) is 7.52. The molecule has 8 nitrogen and oxygen atoms in total. The summed E-state index contributed by atoms with van der Waals surface area (Å²) in [5, 5.41) is 19.1. The molecule has 0 fully saturated rings. The molecular formula is C20H25N7O. The molecule has 1 N–H and O–H groups in total. The molecule has 1 atom stereocenters. The molecule has 1 aliphatic carbocycles. The summed E-state index contributed by atoms with van der Waals surface area (Å²) in [4.78, 5) is 12.5. The van der Waals surface area contributed by atoms with Crippen molar-refractivity contribution in [2.45, 2.75) is 59.0 Å². The van der Waals surface area contributed by atoms with Crippen LogP contribution in [0.15, 0.2) is 24.4 Å². The summed E-state index contributed by atoms with van der Waals surface area (Å²) in [6.07, 6.45) is 5.19. The zero-order valence-corrected chi connectivity index (χ0v) is 16.5. The van der Waals surface area contributed by atoms with Gasteiger partial charge in [0.2, 0.25) is 5.91 Å². The maximum absolute atomic E-state index is 12.5. The number of carbonyl (C=O) groups is 1. The first-order valence-electron chi connectivity index (χ1n) is 9.69. The topological polar surface area (TPSA) is 90.5 Å². The number of hydrogen-bond acceptors (Lipinski definition) is 5. The van der Waals surface area contributed by atoms with Gasteiger partial charge in [0.05, 0.1) is 24.5 Å². The molecular weight excluding hydrogens is 354 g/mol. The zero-order chi connectivity index (χ0) is 19.7. The van der Waals surface area contributed by atoms with Crippen LogP contribution in [0.2, 0.25) is 0 Å². The number of carbonyl (C=O) groups excluding carboxylic acids is 1. The molecule has 8 heteroatoms. The van der Waals surface area contributed by atoms with E-state index in [-0.39, 0.29) is 11.9 Å². The number of fused-ring (bicyclic) bond motifs is 1. The fourth-order valence-corrected chi connectivity index (χ4v) is 3.93. The molecule has 2 aromatic heterocycles. The van der Waals surface area contributed by atoms with Crippen LogP contribution in [0.25, 0.3) is 5.69 Å². The first-order chi connectivity index (χ1) is 13.5. The quantitative estimate of drug-likeness (QED) is 0.735. The smallest absolute Gasteiger partial charge is 0.222 e. The van der Waals surface area contributed by atoms with Crippen LogP contribution in [0, 0.1) is 20.8 Å². The highest BCUT2D eigenvalue weighted by Crippen LogP contribution is 2.31. The van der Waals surface area contributed by atoms with Gasteiger partial charge in [-0.2, -0.15) is 5.10 Å². The minimum absolute atomic E-state index is 0.00544. The van der Waals surface area contributed by atoms with E-state index in [1.54, 1.807) is 4.68 Å². The summed E-state index contributed by atoms with van der Waals surface area (Å²) in [7, 11) is 0. The lowest BCUT2D eigenvalue weighted by molar-refractivity contribution is -0.122. The number of nitrogens with zero attached hydrogens (tertiary/aromatic N) is 6. The van der Waals surface area contributed by atoms with Gasteiger partial charge in [-0.05, 0) is 73.7 Å². The van der Waals surface area contributed by atoms with E-state index in [4.69, 9.17) is 0 Å². The number of tetrazole rings is 1. The highest BCUT2D eigenvalue weighted by molar-refractivity contribution is 5.76. The molecule has 1 aromatic carbocycles. The van der Waals surface area contributed by atoms with Gasteiger partial charge in [-0.15, -0.1) is 5.10 Å². The molecule has 2 heterocycles. The van der Waals surface area contributed by atoms with Crippen molar-refractivity contribution < 1.29 is 4.79 Å². The average molecular weight is 379 g/mol. The standard InChI is InChI=1S/C20H25N7O/c1-13-9-14(2)11-16(10-13)27-19-6-4-5-18(17(19)12-21-27)22-20(28)7-8-26-15(3)23-24-25-26/h9-12,18H,4-8H2,1-3H3,(H,22,28). The predicted octanol–water partition coefficient (Wildman–Crippen LogP) is 2.37. The third-order valence-corrected chi connectivity index (χ3v) is 5.23. The monoisotopic (exact) mass is 379 g/mol. The van der Waals surface area contributed by atoms with Crippen molar-refractivity contribution in [3.05, 3.63) is 52.6 Å². The molecule has 0 aliphatic heterocycles. The molecule has 1 unspecified atom stereocenters. The van der Waals surface area contributed by atoms with E-state index in [0.29, 0.717) is 18.8 Å². The Morgan fingerprint density at radius 3 is 2.71 bits per heavy atom. The highest BCUT2D eigenvalue weighted by Gasteiger charge is 2.26. The van der Waals surface area contributed by atoms with Gasteiger partial charge in [0.15, 0.2) is 0 Å². The van der Waals surface area contributed by atoms with E-state index in [1.807, 2.05) is 17.8 Å². The van der Waals surface area contributed by atoms with Crippen LogP contribution < -0.4 is 5.32 Å². The lowest BCUT2D eigenvalue weighted by Crippen LogP contribution is -2.31. The largest absolute Gasteiger partial charge is 0.349 e. The third kappa shape index (κ3) is 3.67. The molecule has 0 saturated heterocycles. The summed E-state index contributed by atoms with van der Waals surface area (Å²) < 4.78 is 3.67. The van der Waals surface area contributed by atoms with Gasteiger partial charge in [0, 0.05) is 17.7 Å². The Morgan fingerprint density at radius 1 is 1.21 bits per heavy atom. The van der Waals surface area contributed by atoms with Gasteiger partial charge in [-0.1, -0.05) is 6.07 Å². The van der Waals surface area contributed by atoms with Crippen LogP contribution in [0.3, 0.4) is 0 Å². The summed E-state index contributed by atoms with van der Waals surface area (Å²) in [5.41, 5.74) is 5.84. The average Bonchev–Trinajstić information content (AvgIpc) is 3.26. The predicted molar refractivity (Wildman–Crippen MR) is 104 cm³/mol. The Bertz CT molecular complexity index is 984. The van der Waals surface area contributed by atoms with Crippen molar-refractivity contribution in [1.29, 1.82) is 0 Å². The molecule has 1 aliphatic rings. The number of amides is 1. The van der Waals surface area contributed by atoms with Gasteiger partial charge >= 0.3 is 0 Å². The lowest BCUT2D eigenvalue weighted by atomic mass is 9.92.